The fraction of sp³-hybridized carbons (Fsp3) is 0.231. The maximum Gasteiger partial charge on any atom is 0.256 e. The number of piperazine rings is 1. The summed E-state index contributed by atoms with van der Waals surface area (Å²) in [6, 6.07) is 14.4. The monoisotopic (exact) mass is 463 g/mol. The summed E-state index contributed by atoms with van der Waals surface area (Å²) in [5.41, 5.74) is 2.43. The molecule has 0 atom stereocenters. The number of methoxy groups -OCH3 is 1. The second kappa shape index (κ2) is 8.78. The Hall–Kier alpha value is -3.94. The Labute approximate surface area is 196 Å². The topological polar surface area (TPSA) is 54.4 Å². The molecule has 0 saturated carbocycles. The lowest BCUT2D eigenvalue weighted by Gasteiger charge is -2.36. The number of rotatable bonds is 2. The quantitative estimate of drug-likeness (QED) is 0.541. The van der Waals surface area contributed by atoms with Crippen molar-refractivity contribution in [2.45, 2.75) is 6.92 Å². The molecule has 1 saturated heterocycles. The van der Waals surface area contributed by atoms with Gasteiger partial charge in [-0.1, -0.05) is 6.07 Å². The highest BCUT2D eigenvalue weighted by Gasteiger charge is 2.29. The number of hydrogen-bond acceptors (Lipinski definition) is 5. The number of benzene rings is 3. The number of aliphatic imine (C=N–C) groups is 1. The zero-order chi connectivity index (χ0) is 23.8. The van der Waals surface area contributed by atoms with E-state index in [1.807, 2.05) is 43.3 Å². The van der Waals surface area contributed by atoms with Crippen LogP contribution in [0.5, 0.6) is 17.2 Å². The van der Waals surface area contributed by atoms with E-state index in [4.69, 9.17) is 14.5 Å². The van der Waals surface area contributed by atoms with Gasteiger partial charge < -0.3 is 19.3 Å². The van der Waals surface area contributed by atoms with E-state index in [9.17, 15) is 13.6 Å². The first-order valence-electron chi connectivity index (χ1n) is 11.0. The second-order valence-electron chi connectivity index (χ2n) is 8.27. The summed E-state index contributed by atoms with van der Waals surface area (Å²) in [6.45, 7) is 3.72. The van der Waals surface area contributed by atoms with Crippen LogP contribution in [0.4, 0.5) is 14.5 Å². The van der Waals surface area contributed by atoms with Crippen molar-refractivity contribution in [3.63, 3.8) is 0 Å². The Balaban J connectivity index is 1.44. The minimum Gasteiger partial charge on any atom is -0.497 e. The van der Waals surface area contributed by atoms with E-state index < -0.39 is 17.5 Å². The molecule has 2 aliphatic rings. The first-order valence-corrected chi connectivity index (χ1v) is 11.0. The molecule has 174 valence electrons. The number of amides is 1. The number of hydrogen-bond donors (Lipinski definition) is 0. The van der Waals surface area contributed by atoms with Crippen LogP contribution in [0.2, 0.25) is 0 Å². The van der Waals surface area contributed by atoms with E-state index >= 15 is 0 Å². The highest BCUT2D eigenvalue weighted by Crippen LogP contribution is 2.40. The van der Waals surface area contributed by atoms with E-state index in [1.54, 1.807) is 12.0 Å². The number of amidine groups is 1. The third kappa shape index (κ3) is 4.07. The molecular formula is C26H23F2N3O3. The molecule has 5 rings (SSSR count). The lowest BCUT2D eigenvalue weighted by Crippen LogP contribution is -2.51. The molecule has 2 heterocycles. The van der Waals surface area contributed by atoms with Gasteiger partial charge in [0.25, 0.3) is 5.91 Å². The average molecular weight is 463 g/mol. The van der Waals surface area contributed by atoms with Crippen molar-refractivity contribution in [2.75, 3.05) is 33.3 Å². The van der Waals surface area contributed by atoms with Gasteiger partial charge in [-0.2, -0.15) is 0 Å². The second-order valence-corrected chi connectivity index (χ2v) is 8.27. The molecular weight excluding hydrogens is 440 g/mol. The molecule has 1 fully saturated rings. The largest absolute Gasteiger partial charge is 0.497 e. The minimum atomic E-state index is -0.856. The van der Waals surface area contributed by atoms with Gasteiger partial charge in [-0.05, 0) is 55.0 Å². The first-order chi connectivity index (χ1) is 16.4. The Kier molecular flexibility index (Phi) is 5.65. The molecule has 0 aliphatic carbocycles. The molecule has 3 aromatic rings. The van der Waals surface area contributed by atoms with E-state index in [0.717, 1.165) is 29.1 Å². The van der Waals surface area contributed by atoms with Crippen LogP contribution in [0.1, 0.15) is 21.5 Å². The van der Waals surface area contributed by atoms with E-state index in [1.165, 1.54) is 6.07 Å². The van der Waals surface area contributed by atoms with Gasteiger partial charge in [0.1, 0.15) is 34.7 Å². The molecule has 0 aromatic heterocycles. The molecule has 1 amide bonds. The van der Waals surface area contributed by atoms with Crippen molar-refractivity contribution in [2.24, 2.45) is 4.99 Å². The van der Waals surface area contributed by atoms with Crippen molar-refractivity contribution in [1.82, 2.24) is 9.80 Å². The number of halogens is 2. The standard InChI is InChI=1S/C26H23F2N3O3/c1-16-3-7-22-24(13-16)34-23-8-5-18(33-2)15-20(23)25(29-22)30-9-11-31(12-10-30)26(32)19-6-4-17(27)14-21(19)28/h3-8,13-15H,9-12H2,1-2H3. The van der Waals surface area contributed by atoms with Gasteiger partial charge in [-0.25, -0.2) is 13.8 Å². The van der Waals surface area contributed by atoms with Crippen molar-refractivity contribution >= 4 is 17.4 Å². The average Bonchev–Trinajstić information content (AvgIpc) is 2.99. The molecule has 0 bridgehead atoms. The summed E-state index contributed by atoms with van der Waals surface area (Å²) in [7, 11) is 1.60. The lowest BCUT2D eigenvalue weighted by atomic mass is 10.1. The third-order valence-electron chi connectivity index (χ3n) is 6.02. The fourth-order valence-corrected chi connectivity index (χ4v) is 4.18. The summed E-state index contributed by atoms with van der Waals surface area (Å²) in [5, 5.41) is 0. The molecule has 6 nitrogen and oxygen atoms in total. The van der Waals surface area contributed by atoms with Gasteiger partial charge in [0, 0.05) is 32.2 Å². The third-order valence-corrected chi connectivity index (χ3v) is 6.02. The zero-order valence-electron chi connectivity index (χ0n) is 18.8. The maximum atomic E-state index is 14.1. The predicted octanol–water partition coefficient (Wildman–Crippen LogP) is 4.92. The van der Waals surface area contributed by atoms with Crippen molar-refractivity contribution in [1.29, 1.82) is 0 Å². The number of nitrogens with zero attached hydrogens (tertiary/aromatic N) is 3. The molecule has 0 unspecified atom stereocenters. The van der Waals surface area contributed by atoms with Gasteiger partial charge in [-0.3, -0.25) is 4.79 Å². The number of carbonyl (C=O) groups excluding carboxylic acids is 1. The Morgan fingerprint density at radius 3 is 2.50 bits per heavy atom. The van der Waals surface area contributed by atoms with Crippen LogP contribution >= 0.6 is 0 Å². The molecule has 8 heteroatoms. The van der Waals surface area contributed by atoms with Crippen LogP contribution < -0.4 is 9.47 Å². The van der Waals surface area contributed by atoms with Crippen LogP contribution in [-0.2, 0) is 0 Å². The number of aryl methyl sites for hydroxylation is 1. The lowest BCUT2D eigenvalue weighted by molar-refractivity contribution is 0.0687. The minimum absolute atomic E-state index is 0.130. The Bertz CT molecular complexity index is 1300. The Morgan fingerprint density at radius 1 is 0.971 bits per heavy atom. The van der Waals surface area contributed by atoms with Crippen molar-refractivity contribution < 1.29 is 23.0 Å². The Morgan fingerprint density at radius 2 is 1.76 bits per heavy atom. The van der Waals surface area contributed by atoms with Crippen LogP contribution in [0, 0.1) is 18.6 Å². The summed E-state index contributed by atoms with van der Waals surface area (Å²) in [4.78, 5) is 21.4. The molecule has 2 aliphatic heterocycles. The summed E-state index contributed by atoms with van der Waals surface area (Å²) < 4.78 is 39.0. The van der Waals surface area contributed by atoms with E-state index in [0.29, 0.717) is 49.1 Å². The van der Waals surface area contributed by atoms with Gasteiger partial charge in [0.05, 0.1) is 18.2 Å². The molecule has 34 heavy (non-hydrogen) atoms. The van der Waals surface area contributed by atoms with Crippen molar-refractivity contribution in [3.05, 3.63) is 82.9 Å². The summed E-state index contributed by atoms with van der Waals surface area (Å²) in [5.74, 6) is 0.709. The van der Waals surface area contributed by atoms with Gasteiger partial charge >= 0.3 is 0 Å². The smallest absolute Gasteiger partial charge is 0.256 e. The van der Waals surface area contributed by atoms with Crippen molar-refractivity contribution in [3.8, 4) is 17.2 Å². The van der Waals surface area contributed by atoms with Crippen LogP contribution in [0.3, 0.4) is 0 Å². The van der Waals surface area contributed by atoms with Crippen LogP contribution in [0.25, 0.3) is 0 Å². The molecule has 0 radical (unpaired) electrons. The normalized spacial score (nSPS) is 15.0. The highest BCUT2D eigenvalue weighted by molar-refractivity contribution is 6.04. The number of fused-ring (bicyclic) bond motifs is 2. The predicted molar refractivity (Wildman–Crippen MR) is 124 cm³/mol. The van der Waals surface area contributed by atoms with E-state index in [-0.39, 0.29) is 5.56 Å². The SMILES string of the molecule is COc1ccc2c(c1)C(N1CCN(C(=O)c3ccc(F)cc3F)CC1)=Nc1ccc(C)cc1O2. The van der Waals surface area contributed by atoms with Gasteiger partial charge in [0.2, 0.25) is 0 Å². The van der Waals surface area contributed by atoms with Crippen LogP contribution in [0.15, 0.2) is 59.6 Å². The van der Waals surface area contributed by atoms with Gasteiger partial charge in [-0.15, -0.1) is 0 Å². The molecule has 0 N–H and O–H groups in total. The number of carbonyl (C=O) groups is 1. The molecule has 3 aromatic carbocycles. The number of ether oxygens (including phenoxy) is 2. The first kappa shape index (κ1) is 21.9. The van der Waals surface area contributed by atoms with Gasteiger partial charge in [0.15, 0.2) is 5.75 Å². The zero-order valence-corrected chi connectivity index (χ0v) is 18.8. The fourth-order valence-electron chi connectivity index (χ4n) is 4.18. The molecule has 0 spiro atoms. The summed E-state index contributed by atoms with van der Waals surface area (Å²) >= 11 is 0. The van der Waals surface area contributed by atoms with Crippen LogP contribution in [-0.4, -0.2) is 54.8 Å². The summed E-state index contributed by atoms with van der Waals surface area (Å²) in [6.07, 6.45) is 0. The maximum absolute atomic E-state index is 14.1. The highest BCUT2D eigenvalue weighted by atomic mass is 19.1. The van der Waals surface area contributed by atoms with E-state index in [2.05, 4.69) is 4.90 Å².